The molecule has 0 aliphatic carbocycles. The average Bonchev–Trinajstić information content (AvgIpc) is 3.01. The number of ether oxygens (including phenoxy) is 3. The van der Waals surface area contributed by atoms with Gasteiger partial charge in [0.2, 0.25) is 16.8 Å². The van der Waals surface area contributed by atoms with Gasteiger partial charge in [-0.1, -0.05) is 0 Å². The number of fused-ring (bicyclic) bond motifs is 1. The zero-order valence-corrected chi connectivity index (χ0v) is 13.4. The molecule has 3 rings (SSSR count). The number of carbonyl (C=O) groups excluding carboxylic acids is 1. The SMILES string of the molecule is COc1cc(NC(=O)c2ccc3c(c2)OCO3)ccc1S(N)(=O)=O. The molecule has 0 unspecified atom stereocenters. The summed E-state index contributed by atoms with van der Waals surface area (Å²) in [5.74, 6) is 0.718. The summed E-state index contributed by atoms with van der Waals surface area (Å²) in [6.45, 7) is 0.118. The molecule has 1 heterocycles. The molecule has 0 fully saturated rings. The number of nitrogens with two attached hydrogens (primary N) is 1. The maximum atomic E-state index is 12.3. The highest BCUT2D eigenvalue weighted by Crippen LogP contribution is 2.33. The Balaban J connectivity index is 1.84. The summed E-state index contributed by atoms with van der Waals surface area (Å²) in [7, 11) is -2.60. The van der Waals surface area contributed by atoms with Crippen LogP contribution in [0.5, 0.6) is 17.2 Å². The van der Waals surface area contributed by atoms with Crippen LogP contribution in [0.15, 0.2) is 41.3 Å². The van der Waals surface area contributed by atoms with E-state index in [-0.39, 0.29) is 17.4 Å². The van der Waals surface area contributed by atoms with E-state index >= 15 is 0 Å². The number of carbonyl (C=O) groups is 1. The van der Waals surface area contributed by atoms with E-state index in [1.807, 2.05) is 0 Å². The number of sulfonamides is 1. The van der Waals surface area contributed by atoms with Crippen LogP contribution in [-0.2, 0) is 10.0 Å². The highest BCUT2D eigenvalue weighted by Gasteiger charge is 2.18. The number of amides is 1. The summed E-state index contributed by atoms with van der Waals surface area (Å²) in [6.07, 6.45) is 0. The van der Waals surface area contributed by atoms with Crippen LogP contribution >= 0.6 is 0 Å². The maximum Gasteiger partial charge on any atom is 0.255 e. The van der Waals surface area contributed by atoms with Crippen molar-refractivity contribution in [2.75, 3.05) is 19.2 Å². The molecule has 0 spiro atoms. The van der Waals surface area contributed by atoms with E-state index in [1.165, 1.54) is 25.3 Å². The summed E-state index contributed by atoms with van der Waals surface area (Å²) in [5, 5.41) is 7.76. The largest absolute Gasteiger partial charge is 0.495 e. The highest BCUT2D eigenvalue weighted by molar-refractivity contribution is 7.89. The molecule has 0 aromatic heterocycles. The maximum absolute atomic E-state index is 12.3. The number of rotatable bonds is 4. The fraction of sp³-hybridized carbons (Fsp3) is 0.133. The van der Waals surface area contributed by atoms with Crippen LogP contribution in [0.1, 0.15) is 10.4 Å². The normalized spacial score (nSPS) is 12.8. The molecule has 0 saturated carbocycles. The highest BCUT2D eigenvalue weighted by atomic mass is 32.2. The van der Waals surface area contributed by atoms with Crippen molar-refractivity contribution in [1.82, 2.24) is 0 Å². The summed E-state index contributed by atoms with van der Waals surface area (Å²) in [5.41, 5.74) is 0.732. The van der Waals surface area contributed by atoms with E-state index in [2.05, 4.69) is 5.32 Å². The fourth-order valence-corrected chi connectivity index (χ4v) is 2.90. The minimum Gasteiger partial charge on any atom is -0.495 e. The monoisotopic (exact) mass is 350 g/mol. The molecule has 9 heteroatoms. The Morgan fingerprint density at radius 3 is 2.62 bits per heavy atom. The van der Waals surface area contributed by atoms with Crippen molar-refractivity contribution in [3.05, 3.63) is 42.0 Å². The summed E-state index contributed by atoms with van der Waals surface area (Å²) < 4.78 is 38.3. The van der Waals surface area contributed by atoms with Crippen LogP contribution < -0.4 is 24.7 Å². The summed E-state index contributed by atoms with van der Waals surface area (Å²) in [6, 6.07) is 8.87. The van der Waals surface area contributed by atoms with Gasteiger partial charge in [-0.05, 0) is 30.3 Å². The lowest BCUT2D eigenvalue weighted by Crippen LogP contribution is -2.15. The average molecular weight is 350 g/mol. The van der Waals surface area contributed by atoms with Gasteiger partial charge in [0.05, 0.1) is 7.11 Å². The molecule has 0 radical (unpaired) electrons. The zero-order valence-electron chi connectivity index (χ0n) is 12.6. The first kappa shape index (κ1) is 16.1. The molecule has 0 saturated heterocycles. The van der Waals surface area contributed by atoms with Crippen molar-refractivity contribution in [1.29, 1.82) is 0 Å². The number of primary sulfonamides is 1. The number of benzene rings is 2. The lowest BCUT2D eigenvalue weighted by molar-refractivity contribution is 0.102. The standard InChI is InChI=1S/C15H14N2O6S/c1-21-13-7-10(3-5-14(13)24(16,19)20)17-15(18)9-2-4-11-12(6-9)23-8-22-11/h2-7H,8H2,1H3,(H,17,18)(H2,16,19,20). The van der Waals surface area contributed by atoms with Crippen molar-refractivity contribution in [2.24, 2.45) is 5.14 Å². The van der Waals surface area contributed by atoms with Crippen molar-refractivity contribution >= 4 is 21.6 Å². The molecular weight excluding hydrogens is 336 g/mol. The Kier molecular flexibility index (Phi) is 4.04. The summed E-state index contributed by atoms with van der Waals surface area (Å²) >= 11 is 0. The van der Waals surface area contributed by atoms with Gasteiger partial charge in [0.15, 0.2) is 11.5 Å². The molecule has 24 heavy (non-hydrogen) atoms. The topological polar surface area (TPSA) is 117 Å². The van der Waals surface area contributed by atoms with Gasteiger partial charge in [-0.2, -0.15) is 0 Å². The molecule has 8 nitrogen and oxygen atoms in total. The number of hydrogen-bond donors (Lipinski definition) is 2. The number of hydrogen-bond acceptors (Lipinski definition) is 6. The molecule has 1 amide bonds. The van der Waals surface area contributed by atoms with E-state index in [0.717, 1.165) is 0 Å². The smallest absolute Gasteiger partial charge is 0.255 e. The number of nitrogens with one attached hydrogen (secondary N) is 1. The third-order valence-electron chi connectivity index (χ3n) is 3.36. The number of anilines is 1. The molecule has 2 aromatic rings. The second-order valence-corrected chi connectivity index (χ2v) is 6.46. The van der Waals surface area contributed by atoms with Gasteiger partial charge in [0, 0.05) is 17.3 Å². The molecule has 1 aliphatic rings. The van der Waals surface area contributed by atoms with Crippen molar-refractivity contribution in [3.8, 4) is 17.2 Å². The Bertz CT molecular complexity index is 910. The van der Waals surface area contributed by atoms with Gasteiger partial charge >= 0.3 is 0 Å². The third-order valence-corrected chi connectivity index (χ3v) is 4.31. The summed E-state index contributed by atoms with van der Waals surface area (Å²) in [4.78, 5) is 12.1. The lowest BCUT2D eigenvalue weighted by Gasteiger charge is -2.10. The lowest BCUT2D eigenvalue weighted by atomic mass is 10.2. The zero-order chi connectivity index (χ0) is 17.3. The number of methoxy groups -OCH3 is 1. The Morgan fingerprint density at radius 1 is 1.17 bits per heavy atom. The predicted molar refractivity (Wildman–Crippen MR) is 84.9 cm³/mol. The van der Waals surface area contributed by atoms with E-state index < -0.39 is 15.9 Å². The Hall–Kier alpha value is -2.78. The molecule has 1 aliphatic heterocycles. The van der Waals surface area contributed by atoms with Crippen LogP contribution in [0.4, 0.5) is 5.69 Å². The fourth-order valence-electron chi connectivity index (χ4n) is 2.22. The van der Waals surface area contributed by atoms with E-state index in [9.17, 15) is 13.2 Å². The van der Waals surface area contributed by atoms with Gasteiger partial charge in [0.1, 0.15) is 10.6 Å². The van der Waals surface area contributed by atoms with Crippen LogP contribution in [0.25, 0.3) is 0 Å². The second kappa shape index (κ2) is 6.02. The molecule has 0 bridgehead atoms. The van der Waals surface area contributed by atoms with E-state index in [1.54, 1.807) is 18.2 Å². The van der Waals surface area contributed by atoms with E-state index in [0.29, 0.717) is 22.7 Å². The van der Waals surface area contributed by atoms with Gasteiger partial charge < -0.3 is 19.5 Å². The first-order valence-corrected chi connectivity index (χ1v) is 8.35. The van der Waals surface area contributed by atoms with Crippen LogP contribution in [0.2, 0.25) is 0 Å². The molecule has 3 N–H and O–H groups in total. The molecule has 2 aromatic carbocycles. The minimum absolute atomic E-state index is 0.0426. The Morgan fingerprint density at radius 2 is 1.92 bits per heavy atom. The van der Waals surface area contributed by atoms with Gasteiger partial charge in [0.25, 0.3) is 5.91 Å². The van der Waals surface area contributed by atoms with Crippen molar-refractivity contribution in [3.63, 3.8) is 0 Å². The Labute approximate surface area is 138 Å². The second-order valence-electron chi connectivity index (χ2n) is 4.93. The van der Waals surface area contributed by atoms with Crippen LogP contribution in [0.3, 0.4) is 0 Å². The van der Waals surface area contributed by atoms with Crippen LogP contribution in [-0.4, -0.2) is 28.2 Å². The molecule has 126 valence electrons. The van der Waals surface area contributed by atoms with Gasteiger partial charge in [-0.25, -0.2) is 13.6 Å². The van der Waals surface area contributed by atoms with Crippen molar-refractivity contribution < 1.29 is 27.4 Å². The minimum atomic E-state index is -3.92. The molecule has 0 atom stereocenters. The quantitative estimate of drug-likeness (QED) is 0.859. The van der Waals surface area contributed by atoms with Gasteiger partial charge in [-0.3, -0.25) is 4.79 Å². The predicted octanol–water partition coefficient (Wildman–Crippen LogP) is 1.32. The first-order valence-electron chi connectivity index (χ1n) is 6.80. The van der Waals surface area contributed by atoms with Crippen molar-refractivity contribution in [2.45, 2.75) is 4.90 Å². The molecular formula is C15H14N2O6S. The third kappa shape index (κ3) is 3.12. The van der Waals surface area contributed by atoms with Gasteiger partial charge in [-0.15, -0.1) is 0 Å². The van der Waals surface area contributed by atoms with E-state index in [4.69, 9.17) is 19.3 Å². The van der Waals surface area contributed by atoms with Crippen LogP contribution in [0, 0.1) is 0 Å². The first-order chi connectivity index (χ1) is 11.4.